The second-order valence-electron chi connectivity index (χ2n) is 5.91. The Bertz CT molecular complexity index is 681. The smallest absolute Gasteiger partial charge is 0.382 e. The summed E-state index contributed by atoms with van der Waals surface area (Å²) in [6.07, 6.45) is -3.45. The highest BCUT2D eigenvalue weighted by atomic mass is 19.4. The monoisotopic (exact) mass is 309 g/mol. The molecule has 1 saturated carbocycles. The van der Waals surface area contributed by atoms with Crippen LogP contribution in [0.4, 0.5) is 24.8 Å². The Labute approximate surface area is 124 Å². The van der Waals surface area contributed by atoms with Gasteiger partial charge in [0.15, 0.2) is 0 Å². The van der Waals surface area contributed by atoms with E-state index in [1.807, 2.05) is 11.0 Å². The van der Waals surface area contributed by atoms with Crippen molar-refractivity contribution >= 4 is 11.6 Å². The van der Waals surface area contributed by atoms with Crippen LogP contribution in [0.1, 0.15) is 17.2 Å². The molecule has 0 spiro atoms. The summed E-state index contributed by atoms with van der Waals surface area (Å²) in [7, 11) is 0. The number of hydrogen-bond donors (Lipinski definition) is 2. The van der Waals surface area contributed by atoms with E-state index in [9.17, 15) is 13.2 Å². The Kier molecular flexibility index (Phi) is 2.67. The van der Waals surface area contributed by atoms with Gasteiger partial charge in [-0.3, -0.25) is 5.10 Å². The number of aromatic amines is 1. The predicted octanol–water partition coefficient (Wildman–Crippen LogP) is 2.26. The number of rotatable bonds is 2. The molecule has 0 aromatic carbocycles. The van der Waals surface area contributed by atoms with Crippen molar-refractivity contribution in [3.63, 3.8) is 0 Å². The van der Waals surface area contributed by atoms with Crippen molar-refractivity contribution in [3.8, 4) is 0 Å². The Hall–Kier alpha value is -2.25. The average molecular weight is 309 g/mol. The molecule has 0 radical (unpaired) electrons. The van der Waals surface area contributed by atoms with Gasteiger partial charge in [-0.25, -0.2) is 4.98 Å². The zero-order valence-corrected chi connectivity index (χ0v) is 11.5. The van der Waals surface area contributed by atoms with Gasteiger partial charge in [-0.05, 0) is 24.0 Å². The molecule has 1 saturated heterocycles. The van der Waals surface area contributed by atoms with E-state index in [1.54, 1.807) is 0 Å². The highest BCUT2D eigenvalue weighted by Gasteiger charge is 2.57. The molecule has 2 aliphatic rings. The quantitative estimate of drug-likeness (QED) is 0.892. The molecular weight excluding hydrogens is 295 g/mol. The molecule has 2 aromatic rings. The molecule has 3 N–H and O–H groups in total. The molecule has 5 nitrogen and oxygen atoms in total. The molecule has 1 aliphatic heterocycles. The first kappa shape index (κ1) is 13.4. The number of nitrogens with one attached hydrogen (secondary N) is 1. The minimum atomic E-state index is -4.34. The van der Waals surface area contributed by atoms with Crippen LogP contribution in [0.15, 0.2) is 24.4 Å². The van der Waals surface area contributed by atoms with Crippen molar-refractivity contribution in [3.05, 3.63) is 35.7 Å². The van der Waals surface area contributed by atoms with Crippen molar-refractivity contribution in [2.24, 2.45) is 11.8 Å². The number of hydrogen-bond acceptors (Lipinski definition) is 4. The van der Waals surface area contributed by atoms with Crippen LogP contribution >= 0.6 is 0 Å². The summed E-state index contributed by atoms with van der Waals surface area (Å²) in [5.74, 6) is 2.49. The number of piperidine rings is 1. The Morgan fingerprint density at radius 1 is 1.23 bits per heavy atom. The zero-order chi connectivity index (χ0) is 15.5. The highest BCUT2D eigenvalue weighted by Crippen LogP contribution is 2.58. The van der Waals surface area contributed by atoms with Gasteiger partial charge in [0.25, 0.3) is 0 Å². The topological polar surface area (TPSA) is 70.8 Å². The van der Waals surface area contributed by atoms with Gasteiger partial charge < -0.3 is 10.6 Å². The van der Waals surface area contributed by atoms with Crippen LogP contribution in [0, 0.1) is 11.8 Å². The van der Waals surface area contributed by atoms with Gasteiger partial charge in [0.05, 0.1) is 5.56 Å². The summed E-state index contributed by atoms with van der Waals surface area (Å²) in [6.45, 7) is 1.60. The van der Waals surface area contributed by atoms with Gasteiger partial charge in [0.2, 0.25) is 0 Å². The summed E-state index contributed by atoms with van der Waals surface area (Å²) in [5.41, 5.74) is 5.94. The van der Waals surface area contributed by atoms with Crippen LogP contribution in [-0.2, 0) is 6.18 Å². The first-order valence-corrected chi connectivity index (χ1v) is 7.02. The molecule has 0 bridgehead atoms. The number of fused-ring (bicyclic) bond motifs is 1. The predicted molar refractivity (Wildman–Crippen MR) is 74.2 cm³/mol. The Morgan fingerprint density at radius 2 is 1.95 bits per heavy atom. The average Bonchev–Trinajstić information content (AvgIpc) is 2.84. The first-order valence-electron chi connectivity index (χ1n) is 7.02. The minimum absolute atomic E-state index is 0.426. The van der Waals surface area contributed by atoms with Crippen molar-refractivity contribution in [1.29, 1.82) is 0 Å². The fraction of sp³-hybridized carbons (Fsp3) is 0.429. The molecule has 116 valence electrons. The maximum absolute atomic E-state index is 12.5. The van der Waals surface area contributed by atoms with Crippen LogP contribution < -0.4 is 10.6 Å². The van der Waals surface area contributed by atoms with Gasteiger partial charge in [0.1, 0.15) is 11.6 Å². The molecule has 2 aromatic heterocycles. The fourth-order valence-electron chi connectivity index (χ4n) is 3.44. The lowest BCUT2D eigenvalue weighted by Gasteiger charge is -2.21. The molecule has 22 heavy (non-hydrogen) atoms. The van der Waals surface area contributed by atoms with Crippen molar-refractivity contribution in [2.45, 2.75) is 12.1 Å². The molecular formula is C14H14F3N5. The van der Waals surface area contributed by atoms with E-state index in [2.05, 4.69) is 15.2 Å². The molecule has 1 aliphatic carbocycles. The third-order valence-corrected chi connectivity index (χ3v) is 4.57. The number of anilines is 2. The van der Waals surface area contributed by atoms with E-state index in [1.165, 1.54) is 6.07 Å². The number of nitrogen functional groups attached to an aromatic ring is 1. The summed E-state index contributed by atoms with van der Waals surface area (Å²) in [4.78, 5) is 5.98. The molecule has 3 heterocycles. The van der Waals surface area contributed by atoms with Crippen LogP contribution in [0.5, 0.6) is 0 Å². The van der Waals surface area contributed by atoms with Gasteiger partial charge in [-0.15, -0.1) is 0 Å². The molecule has 8 heteroatoms. The second-order valence-corrected chi connectivity index (χ2v) is 5.91. The lowest BCUT2D eigenvalue weighted by atomic mass is 10.2. The molecule has 4 rings (SSSR count). The number of nitrogens with two attached hydrogens (primary N) is 1. The number of halogens is 3. The zero-order valence-electron chi connectivity index (χ0n) is 11.5. The van der Waals surface area contributed by atoms with Crippen LogP contribution in [0.3, 0.4) is 0 Å². The largest absolute Gasteiger partial charge is 0.417 e. The first-order chi connectivity index (χ1) is 10.4. The maximum atomic E-state index is 12.5. The lowest BCUT2D eigenvalue weighted by Crippen LogP contribution is -2.24. The summed E-state index contributed by atoms with van der Waals surface area (Å²) < 4.78 is 37.6. The van der Waals surface area contributed by atoms with E-state index in [0.717, 1.165) is 31.0 Å². The number of H-pyrrole nitrogens is 1. The SMILES string of the molecule is Nc1cc(C2[C@H]3CN(c4ccc(C(F)(F)F)cn4)C[C@@H]23)[nH]n1. The highest BCUT2D eigenvalue weighted by molar-refractivity contribution is 5.46. The van der Waals surface area contributed by atoms with Gasteiger partial charge >= 0.3 is 6.18 Å². The van der Waals surface area contributed by atoms with E-state index in [-0.39, 0.29) is 0 Å². The summed E-state index contributed by atoms with van der Waals surface area (Å²) in [6, 6.07) is 4.37. The second kappa shape index (κ2) is 4.37. The summed E-state index contributed by atoms with van der Waals surface area (Å²) in [5, 5.41) is 6.88. The number of alkyl halides is 3. The number of nitrogens with zero attached hydrogens (tertiary/aromatic N) is 3. The van der Waals surface area contributed by atoms with Crippen LogP contribution in [-0.4, -0.2) is 28.3 Å². The lowest BCUT2D eigenvalue weighted by molar-refractivity contribution is -0.137. The molecule has 1 unspecified atom stereocenters. The third kappa shape index (κ3) is 2.10. The minimum Gasteiger partial charge on any atom is -0.382 e. The number of pyridine rings is 1. The van der Waals surface area contributed by atoms with Crippen molar-refractivity contribution in [2.75, 3.05) is 23.7 Å². The van der Waals surface area contributed by atoms with E-state index in [4.69, 9.17) is 5.73 Å². The van der Waals surface area contributed by atoms with Gasteiger partial charge in [-0.1, -0.05) is 0 Å². The maximum Gasteiger partial charge on any atom is 0.417 e. The van der Waals surface area contributed by atoms with Gasteiger partial charge in [0, 0.05) is 37.0 Å². The van der Waals surface area contributed by atoms with Gasteiger partial charge in [-0.2, -0.15) is 18.3 Å². The van der Waals surface area contributed by atoms with Crippen molar-refractivity contribution < 1.29 is 13.2 Å². The van der Waals surface area contributed by atoms with E-state index >= 15 is 0 Å². The Morgan fingerprint density at radius 3 is 2.45 bits per heavy atom. The molecule has 3 atom stereocenters. The number of aromatic nitrogens is 3. The fourth-order valence-corrected chi connectivity index (χ4v) is 3.44. The molecule has 0 amide bonds. The summed E-state index contributed by atoms with van der Waals surface area (Å²) >= 11 is 0. The Balaban J connectivity index is 1.43. The normalized spacial score (nSPS) is 27.0. The third-order valence-electron chi connectivity index (χ3n) is 4.57. The van der Waals surface area contributed by atoms with Crippen molar-refractivity contribution in [1.82, 2.24) is 15.2 Å². The standard InChI is InChI=1S/C14H14F3N5/c15-14(16,17)7-1-2-12(19-4-7)22-5-8-9(6-22)13(8)10-3-11(18)21-20-10/h1-4,8-9,13H,5-6H2,(H3,18,20,21)/t8-,9+,13?. The van der Waals surface area contributed by atoms with Crippen LogP contribution in [0.2, 0.25) is 0 Å². The van der Waals surface area contributed by atoms with E-state index in [0.29, 0.717) is 29.4 Å². The van der Waals surface area contributed by atoms with E-state index < -0.39 is 11.7 Å². The van der Waals surface area contributed by atoms with Crippen LogP contribution in [0.25, 0.3) is 0 Å². The molecule has 2 fully saturated rings.